The molecule has 0 radical (unpaired) electrons. The fourth-order valence-electron chi connectivity index (χ4n) is 2.93. The molecule has 1 atom stereocenters. The van der Waals surface area contributed by atoms with E-state index in [0.29, 0.717) is 6.42 Å². The normalized spacial score (nSPS) is 20.4. The van der Waals surface area contributed by atoms with Crippen LogP contribution in [-0.4, -0.2) is 44.5 Å². The third-order valence-electron chi connectivity index (χ3n) is 4.67. The minimum Gasteiger partial charge on any atom is -0.481 e. The molecule has 1 aliphatic rings. The van der Waals surface area contributed by atoms with E-state index in [1.807, 2.05) is 0 Å². The Bertz CT molecular complexity index is 741. The van der Waals surface area contributed by atoms with E-state index in [1.165, 1.54) is 4.90 Å². The largest absolute Gasteiger partial charge is 0.481 e. The lowest BCUT2D eigenvalue weighted by atomic mass is 9.76. The van der Waals surface area contributed by atoms with Gasteiger partial charge >= 0.3 is 5.97 Å². The number of hydrogen-bond donors (Lipinski definition) is 1. The van der Waals surface area contributed by atoms with Crippen LogP contribution < -0.4 is 5.56 Å². The number of nitrogens with zero attached hydrogens (tertiary/aromatic N) is 3. The highest BCUT2D eigenvalue weighted by Gasteiger charge is 2.48. The highest BCUT2D eigenvalue weighted by molar-refractivity contribution is 5.80. The lowest BCUT2D eigenvalue weighted by Crippen LogP contribution is -2.42. The van der Waals surface area contributed by atoms with Crippen molar-refractivity contribution >= 4 is 17.6 Å². The first-order valence-corrected chi connectivity index (χ1v) is 7.53. The topological polar surface area (TPSA) is 123 Å². The van der Waals surface area contributed by atoms with Crippen LogP contribution in [0, 0.1) is 21.4 Å². The number of carbonyl (C=O) groups is 2. The molecule has 1 unspecified atom stereocenters. The fraction of sp³-hybridized carbons (Fsp3) is 0.533. The number of rotatable bonds is 5. The van der Waals surface area contributed by atoms with E-state index in [4.69, 9.17) is 0 Å². The van der Waals surface area contributed by atoms with Gasteiger partial charge in [0, 0.05) is 25.2 Å². The second kappa shape index (κ2) is 6.42. The smallest absolute Gasteiger partial charge is 0.311 e. The van der Waals surface area contributed by atoms with Crippen molar-refractivity contribution in [3.63, 3.8) is 0 Å². The number of amides is 1. The Labute approximate surface area is 137 Å². The van der Waals surface area contributed by atoms with E-state index in [9.17, 15) is 29.6 Å². The van der Waals surface area contributed by atoms with Crippen LogP contribution in [0.15, 0.2) is 23.1 Å². The van der Waals surface area contributed by atoms with E-state index in [1.54, 1.807) is 13.8 Å². The van der Waals surface area contributed by atoms with Crippen molar-refractivity contribution in [3.05, 3.63) is 38.8 Å². The van der Waals surface area contributed by atoms with Crippen molar-refractivity contribution < 1.29 is 19.6 Å². The second-order valence-corrected chi connectivity index (χ2v) is 6.29. The van der Waals surface area contributed by atoms with Crippen molar-refractivity contribution in [2.45, 2.75) is 26.8 Å². The van der Waals surface area contributed by atoms with Crippen molar-refractivity contribution in [2.75, 3.05) is 13.1 Å². The maximum atomic E-state index is 12.4. The minimum absolute atomic E-state index is 0.0719. The molecule has 0 saturated carbocycles. The van der Waals surface area contributed by atoms with Gasteiger partial charge in [0.05, 0.1) is 16.5 Å². The summed E-state index contributed by atoms with van der Waals surface area (Å²) in [7, 11) is 0. The maximum absolute atomic E-state index is 12.4. The minimum atomic E-state index is -0.997. The lowest BCUT2D eigenvalue weighted by molar-refractivity contribution is -0.385. The molecule has 130 valence electrons. The van der Waals surface area contributed by atoms with E-state index in [-0.39, 0.29) is 31.2 Å². The van der Waals surface area contributed by atoms with Crippen LogP contribution >= 0.6 is 0 Å². The molecule has 1 aromatic rings. The number of hydrogen-bond acceptors (Lipinski definition) is 5. The van der Waals surface area contributed by atoms with Crippen molar-refractivity contribution in [1.29, 1.82) is 0 Å². The molecule has 1 fully saturated rings. The van der Waals surface area contributed by atoms with Gasteiger partial charge < -0.3 is 10.0 Å². The van der Waals surface area contributed by atoms with Gasteiger partial charge in [-0.1, -0.05) is 13.8 Å². The third-order valence-corrected chi connectivity index (χ3v) is 4.67. The Morgan fingerprint density at radius 2 is 2.08 bits per heavy atom. The standard InChI is InChI=1S/C15H19N3O6/c1-10(2)15(14(21)22)5-6-16(9-15)13(20)8-17-7-11(18(23)24)3-4-12(17)19/h3-4,7,10H,5-6,8-9H2,1-2H3,(H,21,22). The van der Waals surface area contributed by atoms with Crippen molar-refractivity contribution in [3.8, 4) is 0 Å². The summed E-state index contributed by atoms with van der Waals surface area (Å²) < 4.78 is 0.969. The number of aliphatic carboxylic acids is 1. The first-order chi connectivity index (χ1) is 11.2. The molecule has 9 heteroatoms. The van der Waals surface area contributed by atoms with Gasteiger partial charge in [-0.25, -0.2) is 0 Å². The SMILES string of the molecule is CC(C)C1(C(=O)O)CCN(C(=O)Cn2cc([N+](=O)[O-])ccc2=O)C1. The number of pyridine rings is 1. The van der Waals surface area contributed by atoms with Gasteiger partial charge in [0.25, 0.3) is 11.2 Å². The number of carboxylic acid groups (broad SMARTS) is 1. The molecule has 1 saturated heterocycles. The zero-order chi connectivity index (χ0) is 18.1. The zero-order valence-electron chi connectivity index (χ0n) is 13.5. The highest BCUT2D eigenvalue weighted by atomic mass is 16.6. The predicted octanol–water partition coefficient (Wildman–Crippen LogP) is 0.716. The molecule has 1 amide bonds. The van der Waals surface area contributed by atoms with E-state index in [2.05, 4.69) is 0 Å². The Balaban J connectivity index is 2.17. The van der Waals surface area contributed by atoms with Crippen LogP contribution in [0.4, 0.5) is 5.69 Å². The van der Waals surface area contributed by atoms with E-state index >= 15 is 0 Å². The summed E-state index contributed by atoms with van der Waals surface area (Å²) in [5, 5.41) is 20.3. The number of carboxylic acids is 1. The van der Waals surface area contributed by atoms with Crippen LogP contribution in [-0.2, 0) is 16.1 Å². The average molecular weight is 337 g/mol. The first-order valence-electron chi connectivity index (χ1n) is 7.53. The quantitative estimate of drug-likeness (QED) is 0.624. The molecule has 0 bridgehead atoms. The third kappa shape index (κ3) is 3.15. The van der Waals surface area contributed by atoms with Crippen LogP contribution in [0.5, 0.6) is 0 Å². The molecule has 0 spiro atoms. The molecular weight excluding hydrogens is 318 g/mol. The summed E-state index contributed by atoms with van der Waals surface area (Å²) in [6, 6.07) is 2.11. The van der Waals surface area contributed by atoms with Gasteiger partial charge in [-0.2, -0.15) is 0 Å². The average Bonchev–Trinajstić information content (AvgIpc) is 2.96. The molecule has 1 aliphatic heterocycles. The maximum Gasteiger partial charge on any atom is 0.311 e. The van der Waals surface area contributed by atoms with Crippen LogP contribution in [0.25, 0.3) is 0 Å². The summed E-state index contributed by atoms with van der Waals surface area (Å²) in [5.41, 5.74) is -1.81. The van der Waals surface area contributed by atoms with Gasteiger partial charge in [-0.3, -0.25) is 29.1 Å². The molecule has 1 aromatic heterocycles. The van der Waals surface area contributed by atoms with Crippen LogP contribution in [0.2, 0.25) is 0 Å². The van der Waals surface area contributed by atoms with E-state index in [0.717, 1.165) is 22.9 Å². The van der Waals surface area contributed by atoms with Gasteiger partial charge in [0.2, 0.25) is 5.91 Å². The zero-order valence-corrected chi connectivity index (χ0v) is 13.5. The van der Waals surface area contributed by atoms with Crippen molar-refractivity contribution in [2.24, 2.45) is 11.3 Å². The molecule has 0 aliphatic carbocycles. The number of likely N-dealkylation sites (tertiary alicyclic amines) is 1. The Hall–Kier alpha value is -2.71. The summed E-state index contributed by atoms with van der Waals surface area (Å²) in [6.07, 6.45) is 1.36. The number of aromatic nitrogens is 1. The number of nitro groups is 1. The van der Waals surface area contributed by atoms with Gasteiger partial charge in [0.15, 0.2) is 0 Å². The van der Waals surface area contributed by atoms with E-state index < -0.39 is 27.8 Å². The molecule has 9 nitrogen and oxygen atoms in total. The molecule has 24 heavy (non-hydrogen) atoms. The monoisotopic (exact) mass is 337 g/mol. The summed E-state index contributed by atoms with van der Waals surface area (Å²) >= 11 is 0. The predicted molar refractivity (Wildman–Crippen MR) is 83.5 cm³/mol. The van der Waals surface area contributed by atoms with Gasteiger partial charge in [0.1, 0.15) is 6.54 Å². The summed E-state index contributed by atoms with van der Waals surface area (Å²) in [6.45, 7) is 3.60. The first kappa shape index (κ1) is 17.6. The summed E-state index contributed by atoms with van der Waals surface area (Å²) in [4.78, 5) is 47.3. The van der Waals surface area contributed by atoms with Gasteiger partial charge in [-0.15, -0.1) is 0 Å². The Kier molecular flexibility index (Phi) is 4.72. The Morgan fingerprint density at radius 3 is 2.58 bits per heavy atom. The molecular formula is C15H19N3O6. The number of carbonyl (C=O) groups excluding carboxylic acids is 1. The van der Waals surface area contributed by atoms with Crippen LogP contribution in [0.1, 0.15) is 20.3 Å². The lowest BCUT2D eigenvalue weighted by Gasteiger charge is -2.28. The van der Waals surface area contributed by atoms with Gasteiger partial charge in [-0.05, 0) is 12.3 Å². The molecule has 1 N–H and O–H groups in total. The van der Waals surface area contributed by atoms with Crippen molar-refractivity contribution in [1.82, 2.24) is 9.47 Å². The fourth-order valence-corrected chi connectivity index (χ4v) is 2.93. The molecule has 2 heterocycles. The van der Waals surface area contributed by atoms with Crippen LogP contribution in [0.3, 0.4) is 0 Å². The molecule has 0 aromatic carbocycles. The second-order valence-electron chi connectivity index (χ2n) is 6.29. The molecule has 2 rings (SSSR count). The highest BCUT2D eigenvalue weighted by Crippen LogP contribution is 2.38. The summed E-state index contributed by atoms with van der Waals surface area (Å²) in [5.74, 6) is -1.52. The Morgan fingerprint density at radius 1 is 1.42 bits per heavy atom.